The van der Waals surface area contributed by atoms with Crippen LogP contribution < -0.4 is 20.7 Å². The number of hydrogen-bond acceptors (Lipinski definition) is 7. The van der Waals surface area contributed by atoms with Gasteiger partial charge >= 0.3 is 0 Å². The van der Waals surface area contributed by atoms with E-state index in [4.69, 9.17) is 15.3 Å². The molecule has 0 aliphatic carbocycles. The van der Waals surface area contributed by atoms with Crippen molar-refractivity contribution >= 4 is 27.3 Å². The predicted octanol–water partition coefficient (Wildman–Crippen LogP) is 2.18. The van der Waals surface area contributed by atoms with Gasteiger partial charge in [0.2, 0.25) is 11.8 Å². The van der Waals surface area contributed by atoms with Crippen LogP contribution in [0.1, 0.15) is 22.2 Å². The lowest BCUT2D eigenvalue weighted by Crippen LogP contribution is -2.29. The summed E-state index contributed by atoms with van der Waals surface area (Å²) < 4.78 is 11.4. The minimum absolute atomic E-state index is 0.293. The normalized spacial score (nSPS) is 12.2. The van der Waals surface area contributed by atoms with Gasteiger partial charge in [-0.1, -0.05) is 0 Å². The number of nitrogens with zero attached hydrogens (tertiary/aromatic N) is 2. The van der Waals surface area contributed by atoms with Gasteiger partial charge in [0.1, 0.15) is 11.7 Å². The Balaban J connectivity index is 2.46. The third-order valence-electron chi connectivity index (χ3n) is 2.75. The zero-order valence-electron chi connectivity index (χ0n) is 11.3. The van der Waals surface area contributed by atoms with Crippen LogP contribution in [-0.4, -0.2) is 24.2 Å². The number of aryl methyl sites for hydroxylation is 1. The molecule has 1 unspecified atom stereocenters. The number of halogens is 1. The summed E-state index contributed by atoms with van der Waals surface area (Å²) in [6, 6.07) is 1.75. The number of thiophene rings is 1. The van der Waals surface area contributed by atoms with Crippen LogP contribution in [0.3, 0.4) is 0 Å². The quantitative estimate of drug-likeness (QED) is 0.629. The molecule has 108 valence electrons. The summed E-state index contributed by atoms with van der Waals surface area (Å²) >= 11 is 5.10. The Morgan fingerprint density at radius 3 is 2.65 bits per heavy atom. The molecule has 8 heteroatoms. The number of hydrazine groups is 1. The molecule has 6 nitrogen and oxygen atoms in total. The van der Waals surface area contributed by atoms with Crippen molar-refractivity contribution in [1.29, 1.82) is 0 Å². The van der Waals surface area contributed by atoms with E-state index in [2.05, 4.69) is 31.3 Å². The lowest BCUT2D eigenvalue weighted by molar-refractivity contribution is 0.353. The summed E-state index contributed by atoms with van der Waals surface area (Å²) in [5.41, 5.74) is 4.51. The number of aromatic nitrogens is 2. The molecule has 0 bridgehead atoms. The molecule has 2 rings (SSSR count). The van der Waals surface area contributed by atoms with Gasteiger partial charge in [-0.05, 0) is 34.5 Å². The smallest absolute Gasteiger partial charge is 0.240 e. The van der Waals surface area contributed by atoms with Gasteiger partial charge in [0.25, 0.3) is 0 Å². The molecule has 0 amide bonds. The Morgan fingerprint density at radius 2 is 2.15 bits per heavy atom. The van der Waals surface area contributed by atoms with Gasteiger partial charge in [0.15, 0.2) is 0 Å². The molecule has 0 spiro atoms. The highest BCUT2D eigenvalue weighted by Gasteiger charge is 2.23. The summed E-state index contributed by atoms with van der Waals surface area (Å²) in [5, 5.41) is 0. The molecule has 0 fully saturated rings. The molecule has 0 aromatic carbocycles. The van der Waals surface area contributed by atoms with Crippen molar-refractivity contribution < 1.29 is 9.47 Å². The summed E-state index contributed by atoms with van der Waals surface area (Å²) in [6.45, 7) is 2.02. The molecular weight excluding hydrogens is 344 g/mol. The lowest BCUT2D eigenvalue weighted by atomic mass is 10.1. The second-order valence-electron chi connectivity index (χ2n) is 4.01. The molecule has 2 heterocycles. The zero-order valence-corrected chi connectivity index (χ0v) is 13.7. The largest absolute Gasteiger partial charge is 0.480 e. The molecule has 20 heavy (non-hydrogen) atoms. The molecular formula is C12H15BrN4O2S. The SMILES string of the molecule is COc1cnc(C(NN)c2cc(C)c(Br)s2)c(OC)n1. The van der Waals surface area contributed by atoms with E-state index in [9.17, 15) is 0 Å². The van der Waals surface area contributed by atoms with Gasteiger partial charge in [-0.3, -0.25) is 5.84 Å². The first-order valence-electron chi connectivity index (χ1n) is 5.77. The second kappa shape index (κ2) is 6.49. The highest BCUT2D eigenvalue weighted by atomic mass is 79.9. The third kappa shape index (κ3) is 2.93. The van der Waals surface area contributed by atoms with Gasteiger partial charge in [-0.15, -0.1) is 11.3 Å². The molecule has 0 saturated carbocycles. The van der Waals surface area contributed by atoms with Crippen LogP contribution >= 0.6 is 27.3 Å². The minimum atomic E-state index is -0.293. The van der Waals surface area contributed by atoms with Crippen LogP contribution in [0, 0.1) is 6.92 Å². The average molecular weight is 359 g/mol. The Bertz CT molecular complexity index is 586. The highest BCUT2D eigenvalue weighted by Crippen LogP contribution is 2.35. The predicted molar refractivity (Wildman–Crippen MR) is 81.1 cm³/mol. The highest BCUT2D eigenvalue weighted by molar-refractivity contribution is 9.11. The number of ether oxygens (including phenoxy) is 2. The van der Waals surface area contributed by atoms with Gasteiger partial charge in [-0.25, -0.2) is 10.4 Å². The summed E-state index contributed by atoms with van der Waals surface area (Å²) in [7, 11) is 3.07. The Morgan fingerprint density at radius 1 is 1.40 bits per heavy atom. The second-order valence-corrected chi connectivity index (χ2v) is 6.41. The van der Waals surface area contributed by atoms with Crippen molar-refractivity contribution in [2.75, 3.05) is 14.2 Å². The van der Waals surface area contributed by atoms with Crippen LogP contribution in [0.25, 0.3) is 0 Å². The van der Waals surface area contributed by atoms with Crippen molar-refractivity contribution in [2.45, 2.75) is 13.0 Å². The number of methoxy groups -OCH3 is 2. The topological polar surface area (TPSA) is 82.3 Å². The summed E-state index contributed by atoms with van der Waals surface area (Å²) in [6.07, 6.45) is 1.54. The molecule has 0 aliphatic rings. The van der Waals surface area contributed by atoms with E-state index >= 15 is 0 Å². The van der Waals surface area contributed by atoms with Crippen LogP contribution in [0.15, 0.2) is 16.0 Å². The van der Waals surface area contributed by atoms with Gasteiger partial charge in [0.05, 0.1) is 24.2 Å². The van der Waals surface area contributed by atoms with E-state index in [1.54, 1.807) is 11.3 Å². The standard InChI is InChI=1S/C12H15BrN4O2S/c1-6-4-7(20-11(6)13)9(17-14)10-12(19-3)16-8(18-2)5-15-10/h4-5,9,17H,14H2,1-3H3. The van der Waals surface area contributed by atoms with Crippen LogP contribution in [0.2, 0.25) is 0 Å². The van der Waals surface area contributed by atoms with E-state index in [-0.39, 0.29) is 6.04 Å². The molecule has 2 aromatic rings. The lowest BCUT2D eigenvalue weighted by Gasteiger charge is -2.16. The Hall–Kier alpha value is -1.22. The molecule has 0 radical (unpaired) electrons. The fourth-order valence-corrected chi connectivity index (χ4v) is 3.37. The first-order chi connectivity index (χ1) is 9.60. The van der Waals surface area contributed by atoms with Crippen molar-refractivity contribution in [3.05, 3.63) is 32.2 Å². The molecule has 2 aromatic heterocycles. The molecule has 0 saturated heterocycles. The van der Waals surface area contributed by atoms with E-state index in [1.165, 1.54) is 20.4 Å². The van der Waals surface area contributed by atoms with Crippen LogP contribution in [-0.2, 0) is 0 Å². The van der Waals surface area contributed by atoms with Gasteiger partial charge in [0, 0.05) is 4.88 Å². The monoisotopic (exact) mass is 358 g/mol. The average Bonchev–Trinajstić information content (AvgIpc) is 2.79. The van der Waals surface area contributed by atoms with Crippen molar-refractivity contribution in [1.82, 2.24) is 15.4 Å². The number of rotatable bonds is 5. The van der Waals surface area contributed by atoms with Crippen molar-refractivity contribution in [3.63, 3.8) is 0 Å². The molecule has 1 atom stereocenters. The number of nitrogens with two attached hydrogens (primary N) is 1. The fourth-order valence-electron chi connectivity index (χ4n) is 1.73. The van der Waals surface area contributed by atoms with E-state index < -0.39 is 0 Å². The van der Waals surface area contributed by atoms with E-state index in [0.29, 0.717) is 17.5 Å². The minimum Gasteiger partial charge on any atom is -0.480 e. The van der Waals surface area contributed by atoms with Gasteiger partial charge in [-0.2, -0.15) is 4.98 Å². The third-order valence-corrected chi connectivity index (χ3v) is 4.95. The van der Waals surface area contributed by atoms with Crippen LogP contribution in [0.4, 0.5) is 0 Å². The first-order valence-corrected chi connectivity index (χ1v) is 7.38. The fraction of sp³-hybridized carbons (Fsp3) is 0.333. The van der Waals surface area contributed by atoms with Gasteiger partial charge < -0.3 is 9.47 Å². The number of nitrogens with one attached hydrogen (secondary N) is 1. The Kier molecular flexibility index (Phi) is 4.92. The zero-order chi connectivity index (χ0) is 14.7. The maximum Gasteiger partial charge on any atom is 0.240 e. The van der Waals surface area contributed by atoms with Crippen molar-refractivity contribution in [3.8, 4) is 11.8 Å². The first kappa shape index (κ1) is 15.2. The van der Waals surface area contributed by atoms with E-state index in [1.807, 2.05) is 13.0 Å². The number of hydrogen-bond donors (Lipinski definition) is 2. The molecule has 3 N–H and O–H groups in total. The summed E-state index contributed by atoms with van der Waals surface area (Å²) in [5.74, 6) is 6.45. The Labute approximate surface area is 129 Å². The summed E-state index contributed by atoms with van der Waals surface area (Å²) in [4.78, 5) is 9.59. The van der Waals surface area contributed by atoms with Crippen LogP contribution in [0.5, 0.6) is 11.8 Å². The van der Waals surface area contributed by atoms with Crippen molar-refractivity contribution in [2.24, 2.45) is 5.84 Å². The molecule has 0 aliphatic heterocycles. The maximum atomic E-state index is 5.68. The van der Waals surface area contributed by atoms with E-state index in [0.717, 1.165) is 14.2 Å². The maximum absolute atomic E-state index is 5.68.